The lowest BCUT2D eigenvalue weighted by Crippen LogP contribution is -2.18. The van der Waals surface area contributed by atoms with Crippen molar-refractivity contribution in [2.45, 2.75) is 41.2 Å². The first kappa shape index (κ1) is 23.9. The van der Waals surface area contributed by atoms with Crippen LogP contribution in [0.15, 0.2) is 52.3 Å². The molecule has 0 radical (unpaired) electrons. The SMILES string of the molecule is C[C@H]1CC(=O)Nc2cc(S(=O)(=O)CCC(=O)Nc3ccc(OC(F)(F)F)cc3)ccc2S1. The van der Waals surface area contributed by atoms with Gasteiger partial charge in [0.05, 0.1) is 16.3 Å². The van der Waals surface area contributed by atoms with Crippen molar-refractivity contribution in [3.05, 3.63) is 42.5 Å². The highest BCUT2D eigenvalue weighted by Gasteiger charge is 2.31. The molecule has 2 aromatic carbocycles. The van der Waals surface area contributed by atoms with Gasteiger partial charge in [0.25, 0.3) is 0 Å². The molecule has 2 N–H and O–H groups in total. The fourth-order valence-electron chi connectivity index (χ4n) is 2.93. The molecule has 0 spiro atoms. The second-order valence-electron chi connectivity index (χ2n) is 7.03. The number of rotatable bonds is 6. The highest BCUT2D eigenvalue weighted by atomic mass is 32.2. The number of hydrogen-bond donors (Lipinski definition) is 2. The van der Waals surface area contributed by atoms with E-state index in [2.05, 4.69) is 15.4 Å². The minimum Gasteiger partial charge on any atom is -0.406 e. The normalized spacial score (nSPS) is 16.5. The number of amides is 2. The van der Waals surface area contributed by atoms with Gasteiger partial charge in [-0.3, -0.25) is 9.59 Å². The Morgan fingerprint density at radius 2 is 1.91 bits per heavy atom. The molecule has 12 heteroatoms. The van der Waals surface area contributed by atoms with Gasteiger partial charge in [0, 0.05) is 28.7 Å². The summed E-state index contributed by atoms with van der Waals surface area (Å²) in [7, 11) is -3.82. The lowest BCUT2D eigenvalue weighted by Gasteiger charge is -2.11. The van der Waals surface area contributed by atoms with E-state index in [-0.39, 0.29) is 28.2 Å². The van der Waals surface area contributed by atoms with Crippen LogP contribution in [-0.2, 0) is 19.4 Å². The van der Waals surface area contributed by atoms with Crippen LogP contribution in [0.25, 0.3) is 0 Å². The van der Waals surface area contributed by atoms with Crippen molar-refractivity contribution in [2.24, 2.45) is 0 Å². The van der Waals surface area contributed by atoms with Gasteiger partial charge in [0.15, 0.2) is 9.84 Å². The molecule has 1 aliphatic heterocycles. The van der Waals surface area contributed by atoms with Crippen molar-refractivity contribution in [3.63, 3.8) is 0 Å². The van der Waals surface area contributed by atoms with Crippen molar-refractivity contribution in [3.8, 4) is 5.75 Å². The average Bonchev–Trinajstić information content (AvgIpc) is 2.82. The first-order chi connectivity index (χ1) is 14.9. The predicted molar refractivity (Wildman–Crippen MR) is 113 cm³/mol. The van der Waals surface area contributed by atoms with Crippen molar-refractivity contribution < 1.29 is 35.9 Å². The van der Waals surface area contributed by atoms with Crippen molar-refractivity contribution in [1.82, 2.24) is 0 Å². The number of fused-ring (bicyclic) bond motifs is 1. The van der Waals surface area contributed by atoms with E-state index in [0.717, 1.165) is 17.0 Å². The number of anilines is 2. The number of sulfone groups is 1. The van der Waals surface area contributed by atoms with Gasteiger partial charge in [-0.15, -0.1) is 24.9 Å². The summed E-state index contributed by atoms with van der Waals surface area (Å²) in [4.78, 5) is 24.8. The molecular formula is C20H19F3N2O5S2. The third kappa shape index (κ3) is 6.63. The van der Waals surface area contributed by atoms with Crippen LogP contribution in [0.4, 0.5) is 24.5 Å². The molecule has 0 saturated carbocycles. The van der Waals surface area contributed by atoms with Gasteiger partial charge in [0.2, 0.25) is 11.8 Å². The zero-order chi connectivity index (χ0) is 23.5. The van der Waals surface area contributed by atoms with E-state index in [1.165, 1.54) is 36.0 Å². The average molecular weight is 489 g/mol. The van der Waals surface area contributed by atoms with E-state index in [1.54, 1.807) is 6.07 Å². The van der Waals surface area contributed by atoms with Gasteiger partial charge < -0.3 is 15.4 Å². The molecule has 32 heavy (non-hydrogen) atoms. The molecule has 0 saturated heterocycles. The van der Waals surface area contributed by atoms with Crippen LogP contribution in [0.3, 0.4) is 0 Å². The Bertz CT molecular complexity index is 1120. The van der Waals surface area contributed by atoms with Crippen molar-refractivity contribution in [1.29, 1.82) is 0 Å². The lowest BCUT2D eigenvalue weighted by atomic mass is 10.3. The standard InChI is InChI=1S/C20H19F3N2O5S2/c1-12-10-19(27)25-16-11-15(6-7-17(16)31-12)32(28,29)9-8-18(26)24-13-2-4-14(5-3-13)30-20(21,22)23/h2-7,11-12H,8-10H2,1H3,(H,24,26)(H,25,27)/t12-/m0/s1. The third-order valence-electron chi connectivity index (χ3n) is 4.35. The molecule has 0 aromatic heterocycles. The second kappa shape index (κ2) is 9.41. The number of nitrogens with one attached hydrogen (secondary N) is 2. The molecule has 0 bridgehead atoms. The zero-order valence-corrected chi connectivity index (χ0v) is 18.4. The molecule has 3 rings (SSSR count). The Labute approximate surface area is 186 Å². The fourth-order valence-corrected chi connectivity index (χ4v) is 5.25. The molecule has 0 unspecified atom stereocenters. The molecular weight excluding hydrogens is 469 g/mol. The Balaban J connectivity index is 1.61. The zero-order valence-electron chi connectivity index (χ0n) is 16.7. The Hall–Kier alpha value is -2.73. The first-order valence-corrected chi connectivity index (χ1v) is 11.9. The van der Waals surface area contributed by atoms with Gasteiger partial charge in [-0.05, 0) is 42.5 Å². The van der Waals surface area contributed by atoms with E-state index < -0.39 is 33.6 Å². The number of thioether (sulfide) groups is 1. The summed E-state index contributed by atoms with van der Waals surface area (Å²) in [5.41, 5.74) is 0.608. The van der Waals surface area contributed by atoms with Crippen LogP contribution in [0.1, 0.15) is 19.8 Å². The van der Waals surface area contributed by atoms with Gasteiger partial charge in [-0.2, -0.15) is 0 Å². The quantitative estimate of drug-likeness (QED) is 0.632. The highest BCUT2D eigenvalue weighted by molar-refractivity contribution is 8.00. The fraction of sp³-hybridized carbons (Fsp3) is 0.300. The minimum absolute atomic E-state index is 0.0202. The molecule has 7 nitrogen and oxygen atoms in total. The van der Waals surface area contributed by atoms with Gasteiger partial charge >= 0.3 is 6.36 Å². The summed E-state index contributed by atoms with van der Waals surface area (Å²) in [6.45, 7) is 1.90. The molecule has 0 fully saturated rings. The number of ether oxygens (including phenoxy) is 1. The maximum atomic E-state index is 12.7. The van der Waals surface area contributed by atoms with E-state index in [0.29, 0.717) is 12.1 Å². The number of hydrogen-bond acceptors (Lipinski definition) is 6. The van der Waals surface area contributed by atoms with Crippen LogP contribution in [0.2, 0.25) is 0 Å². The minimum atomic E-state index is -4.82. The third-order valence-corrected chi connectivity index (χ3v) is 7.25. The Kier molecular flexibility index (Phi) is 7.03. The van der Waals surface area contributed by atoms with Crippen LogP contribution >= 0.6 is 11.8 Å². The topological polar surface area (TPSA) is 102 Å². The smallest absolute Gasteiger partial charge is 0.406 e. The number of benzene rings is 2. The molecule has 1 heterocycles. The van der Waals surface area contributed by atoms with Gasteiger partial charge in [-0.1, -0.05) is 6.92 Å². The van der Waals surface area contributed by atoms with Gasteiger partial charge in [-0.25, -0.2) is 8.42 Å². The van der Waals surface area contributed by atoms with Crippen molar-refractivity contribution in [2.75, 3.05) is 16.4 Å². The maximum absolute atomic E-state index is 12.7. The molecule has 1 aliphatic rings. The lowest BCUT2D eigenvalue weighted by molar-refractivity contribution is -0.274. The molecule has 1 atom stereocenters. The van der Waals surface area contributed by atoms with Crippen LogP contribution in [0.5, 0.6) is 5.75 Å². The molecule has 172 valence electrons. The maximum Gasteiger partial charge on any atom is 0.573 e. The summed E-state index contributed by atoms with van der Waals surface area (Å²) in [5.74, 6) is -1.75. The number of carbonyl (C=O) groups excluding carboxylic acids is 2. The van der Waals surface area contributed by atoms with Crippen LogP contribution < -0.4 is 15.4 Å². The molecule has 0 aliphatic carbocycles. The van der Waals surface area contributed by atoms with Crippen molar-refractivity contribution >= 4 is 44.8 Å². The Morgan fingerprint density at radius 1 is 1.22 bits per heavy atom. The van der Waals surface area contributed by atoms with E-state index in [4.69, 9.17) is 0 Å². The monoisotopic (exact) mass is 488 g/mol. The highest BCUT2D eigenvalue weighted by Crippen LogP contribution is 2.36. The summed E-state index contributed by atoms with van der Waals surface area (Å²) >= 11 is 1.47. The van der Waals surface area contributed by atoms with E-state index in [9.17, 15) is 31.2 Å². The van der Waals surface area contributed by atoms with Crippen LogP contribution in [-0.4, -0.2) is 37.6 Å². The van der Waals surface area contributed by atoms with Crippen LogP contribution in [0, 0.1) is 0 Å². The summed E-state index contributed by atoms with van der Waals surface area (Å²) in [5, 5.41) is 5.17. The van der Waals surface area contributed by atoms with Gasteiger partial charge in [0.1, 0.15) is 5.75 Å². The summed E-state index contributed by atoms with van der Waals surface area (Å²) in [6.07, 6.45) is -4.88. The summed E-state index contributed by atoms with van der Waals surface area (Å²) in [6, 6.07) is 8.92. The van der Waals surface area contributed by atoms with E-state index in [1.807, 2.05) is 6.92 Å². The number of halogens is 3. The van der Waals surface area contributed by atoms with E-state index >= 15 is 0 Å². The molecule has 2 aromatic rings. The Morgan fingerprint density at radius 3 is 2.56 bits per heavy atom. The number of carbonyl (C=O) groups is 2. The number of alkyl halides is 3. The summed E-state index contributed by atoms with van der Waals surface area (Å²) < 4.78 is 65.6. The second-order valence-corrected chi connectivity index (χ2v) is 10.6. The predicted octanol–water partition coefficient (Wildman–Crippen LogP) is 4.21. The first-order valence-electron chi connectivity index (χ1n) is 9.40. The largest absolute Gasteiger partial charge is 0.573 e. The molecule has 2 amide bonds.